The van der Waals surface area contributed by atoms with E-state index in [-0.39, 0.29) is 17.8 Å². The molecule has 1 aliphatic rings. The number of aliphatic hydroxyl groups is 1. The number of rotatable bonds is 4. The van der Waals surface area contributed by atoms with E-state index in [4.69, 9.17) is 4.74 Å². The van der Waals surface area contributed by atoms with Crippen molar-refractivity contribution in [3.63, 3.8) is 0 Å². The summed E-state index contributed by atoms with van der Waals surface area (Å²) < 4.78 is 5.43. The third-order valence-electron chi connectivity index (χ3n) is 3.53. The molecule has 1 fully saturated rings. The van der Waals surface area contributed by atoms with E-state index >= 15 is 0 Å². The van der Waals surface area contributed by atoms with Crippen LogP contribution >= 0.6 is 0 Å². The maximum atomic E-state index is 10.9. The van der Waals surface area contributed by atoms with E-state index in [2.05, 4.69) is 5.32 Å². The second-order valence-corrected chi connectivity index (χ2v) is 5.36. The molecule has 0 bridgehead atoms. The third-order valence-corrected chi connectivity index (χ3v) is 3.53. The van der Waals surface area contributed by atoms with Crippen LogP contribution in [0.1, 0.15) is 30.6 Å². The summed E-state index contributed by atoms with van der Waals surface area (Å²) in [6.45, 7) is 4.93. The standard InChI is InChI=1S/C14H20N2O4/c1-9-3-4-11(5-13(9)16(18)19)14(17)6-12-8-20-7-10(2)15-12/h3-5,10,12,14-15,17H,6-8H2,1-2H3. The second kappa shape index (κ2) is 6.30. The van der Waals surface area contributed by atoms with Gasteiger partial charge in [0, 0.05) is 23.7 Å². The lowest BCUT2D eigenvalue weighted by Crippen LogP contribution is -2.47. The van der Waals surface area contributed by atoms with Crippen molar-refractivity contribution in [3.05, 3.63) is 39.4 Å². The number of nitro groups is 1. The van der Waals surface area contributed by atoms with E-state index in [9.17, 15) is 15.2 Å². The fourth-order valence-corrected chi connectivity index (χ4v) is 2.46. The molecule has 20 heavy (non-hydrogen) atoms. The van der Waals surface area contributed by atoms with Gasteiger partial charge in [-0.15, -0.1) is 0 Å². The van der Waals surface area contributed by atoms with E-state index in [0.29, 0.717) is 30.8 Å². The number of ether oxygens (including phenoxy) is 1. The van der Waals surface area contributed by atoms with Crippen LogP contribution in [-0.2, 0) is 4.74 Å². The van der Waals surface area contributed by atoms with Crippen LogP contribution in [0.25, 0.3) is 0 Å². The number of hydrogen-bond acceptors (Lipinski definition) is 5. The molecule has 0 spiro atoms. The molecular weight excluding hydrogens is 260 g/mol. The summed E-state index contributed by atoms with van der Waals surface area (Å²) in [6.07, 6.45) is -0.259. The molecule has 0 saturated carbocycles. The second-order valence-electron chi connectivity index (χ2n) is 5.36. The molecule has 2 N–H and O–H groups in total. The molecule has 2 rings (SSSR count). The SMILES string of the molecule is Cc1ccc(C(O)CC2COCC(C)N2)cc1[N+](=O)[O-]. The molecule has 1 aromatic carbocycles. The molecule has 1 aliphatic heterocycles. The Labute approximate surface area is 117 Å². The van der Waals surface area contributed by atoms with Crippen LogP contribution in [0.5, 0.6) is 0 Å². The van der Waals surface area contributed by atoms with Gasteiger partial charge in [-0.2, -0.15) is 0 Å². The van der Waals surface area contributed by atoms with E-state index in [0.717, 1.165) is 0 Å². The summed E-state index contributed by atoms with van der Waals surface area (Å²) in [5.41, 5.74) is 1.21. The first-order chi connectivity index (χ1) is 9.47. The zero-order valence-electron chi connectivity index (χ0n) is 11.7. The van der Waals surface area contributed by atoms with Crippen molar-refractivity contribution < 1.29 is 14.8 Å². The highest BCUT2D eigenvalue weighted by Gasteiger charge is 2.23. The Balaban J connectivity index is 2.07. The summed E-state index contributed by atoms with van der Waals surface area (Å²) in [5.74, 6) is 0. The Kier molecular flexibility index (Phi) is 4.69. The van der Waals surface area contributed by atoms with Crippen molar-refractivity contribution in [2.45, 2.75) is 38.5 Å². The van der Waals surface area contributed by atoms with Crippen LogP contribution in [0, 0.1) is 17.0 Å². The van der Waals surface area contributed by atoms with Crippen LogP contribution in [0.2, 0.25) is 0 Å². The zero-order valence-corrected chi connectivity index (χ0v) is 11.7. The fourth-order valence-electron chi connectivity index (χ4n) is 2.46. The minimum atomic E-state index is -0.735. The van der Waals surface area contributed by atoms with Crippen LogP contribution in [0.15, 0.2) is 18.2 Å². The van der Waals surface area contributed by atoms with Crippen molar-refractivity contribution in [1.29, 1.82) is 0 Å². The van der Waals surface area contributed by atoms with Crippen LogP contribution in [0.3, 0.4) is 0 Å². The lowest BCUT2D eigenvalue weighted by Gasteiger charge is -2.30. The first-order valence-corrected chi connectivity index (χ1v) is 6.74. The molecule has 0 aromatic heterocycles. The van der Waals surface area contributed by atoms with Gasteiger partial charge >= 0.3 is 0 Å². The summed E-state index contributed by atoms with van der Waals surface area (Å²) in [5, 5.41) is 24.5. The number of nitro benzene ring substituents is 1. The lowest BCUT2D eigenvalue weighted by atomic mass is 9.99. The average molecular weight is 280 g/mol. The van der Waals surface area contributed by atoms with Gasteiger partial charge in [0.25, 0.3) is 5.69 Å². The van der Waals surface area contributed by atoms with Crippen LogP contribution in [0.4, 0.5) is 5.69 Å². The molecule has 3 unspecified atom stereocenters. The fraction of sp³-hybridized carbons (Fsp3) is 0.571. The number of aryl methyl sites for hydroxylation is 1. The minimum absolute atomic E-state index is 0.0442. The van der Waals surface area contributed by atoms with E-state index in [1.165, 1.54) is 6.07 Å². The molecule has 0 aliphatic carbocycles. The maximum absolute atomic E-state index is 10.9. The van der Waals surface area contributed by atoms with Crippen molar-refractivity contribution in [1.82, 2.24) is 5.32 Å². The quantitative estimate of drug-likeness (QED) is 0.648. The van der Waals surface area contributed by atoms with Crippen molar-refractivity contribution in [3.8, 4) is 0 Å². The molecule has 6 nitrogen and oxygen atoms in total. The zero-order chi connectivity index (χ0) is 14.7. The van der Waals surface area contributed by atoms with Gasteiger partial charge in [-0.25, -0.2) is 0 Å². The Bertz CT molecular complexity index is 492. The highest BCUT2D eigenvalue weighted by Crippen LogP contribution is 2.26. The molecule has 6 heteroatoms. The third kappa shape index (κ3) is 3.53. The maximum Gasteiger partial charge on any atom is 0.272 e. The topological polar surface area (TPSA) is 84.6 Å². The monoisotopic (exact) mass is 280 g/mol. The van der Waals surface area contributed by atoms with E-state index in [1.54, 1.807) is 19.1 Å². The van der Waals surface area contributed by atoms with Gasteiger partial charge in [0.1, 0.15) is 0 Å². The first kappa shape index (κ1) is 14.9. The highest BCUT2D eigenvalue weighted by atomic mass is 16.6. The van der Waals surface area contributed by atoms with E-state index in [1.807, 2.05) is 6.92 Å². The van der Waals surface area contributed by atoms with Gasteiger partial charge in [0.2, 0.25) is 0 Å². The molecule has 1 saturated heterocycles. The predicted molar refractivity (Wildman–Crippen MR) is 74.6 cm³/mol. The van der Waals surface area contributed by atoms with Crippen molar-refractivity contribution >= 4 is 5.69 Å². The number of nitrogens with zero attached hydrogens (tertiary/aromatic N) is 1. The molecule has 0 amide bonds. The molecule has 3 atom stereocenters. The normalized spacial score (nSPS) is 24.4. The van der Waals surface area contributed by atoms with Crippen molar-refractivity contribution in [2.24, 2.45) is 0 Å². The van der Waals surface area contributed by atoms with Gasteiger partial charge in [-0.3, -0.25) is 10.1 Å². The van der Waals surface area contributed by atoms with Gasteiger partial charge in [0.05, 0.1) is 24.2 Å². The van der Waals surface area contributed by atoms with Gasteiger partial charge in [-0.05, 0) is 25.8 Å². The van der Waals surface area contributed by atoms with E-state index < -0.39 is 11.0 Å². The van der Waals surface area contributed by atoms with Crippen LogP contribution in [-0.4, -0.2) is 35.3 Å². The average Bonchev–Trinajstić information content (AvgIpc) is 2.38. The highest BCUT2D eigenvalue weighted by molar-refractivity contribution is 5.43. The summed E-state index contributed by atoms with van der Waals surface area (Å²) in [6, 6.07) is 5.18. The molecule has 110 valence electrons. The summed E-state index contributed by atoms with van der Waals surface area (Å²) in [7, 11) is 0. The number of morpholine rings is 1. The smallest absolute Gasteiger partial charge is 0.272 e. The summed E-state index contributed by atoms with van der Waals surface area (Å²) >= 11 is 0. The van der Waals surface area contributed by atoms with Crippen LogP contribution < -0.4 is 5.32 Å². The largest absolute Gasteiger partial charge is 0.388 e. The number of nitrogens with one attached hydrogen (secondary N) is 1. The predicted octanol–water partition coefficient (Wildman–Crippen LogP) is 1.70. The van der Waals surface area contributed by atoms with Crippen molar-refractivity contribution in [2.75, 3.05) is 13.2 Å². The van der Waals surface area contributed by atoms with Gasteiger partial charge in [-0.1, -0.05) is 12.1 Å². The minimum Gasteiger partial charge on any atom is -0.388 e. The Morgan fingerprint density at radius 1 is 1.55 bits per heavy atom. The molecule has 1 aromatic rings. The van der Waals surface area contributed by atoms with Gasteiger partial charge in [0.15, 0.2) is 0 Å². The Morgan fingerprint density at radius 2 is 2.30 bits per heavy atom. The number of aliphatic hydroxyl groups excluding tert-OH is 1. The number of benzene rings is 1. The molecule has 1 heterocycles. The Hall–Kier alpha value is -1.50. The molecule has 0 radical (unpaired) electrons. The van der Waals surface area contributed by atoms with Gasteiger partial charge < -0.3 is 15.2 Å². The summed E-state index contributed by atoms with van der Waals surface area (Å²) in [4.78, 5) is 10.5. The Morgan fingerprint density at radius 3 is 2.95 bits per heavy atom. The lowest BCUT2D eigenvalue weighted by molar-refractivity contribution is -0.385. The number of hydrogen-bond donors (Lipinski definition) is 2. The molecular formula is C14H20N2O4. The first-order valence-electron chi connectivity index (χ1n) is 6.74.